The van der Waals surface area contributed by atoms with Crippen molar-refractivity contribution in [2.24, 2.45) is 0 Å². The quantitative estimate of drug-likeness (QED) is 0.930. The van der Waals surface area contributed by atoms with E-state index in [1.54, 1.807) is 0 Å². The fourth-order valence-electron chi connectivity index (χ4n) is 3.55. The van der Waals surface area contributed by atoms with Gasteiger partial charge in [0, 0.05) is 31.7 Å². The maximum atomic E-state index is 12.9. The van der Waals surface area contributed by atoms with Gasteiger partial charge in [-0.25, -0.2) is 0 Å². The van der Waals surface area contributed by atoms with Gasteiger partial charge in [0.2, 0.25) is 0 Å². The van der Waals surface area contributed by atoms with E-state index in [-0.39, 0.29) is 5.91 Å². The Balaban J connectivity index is 1.73. The molecular formula is C20H24N2O3. The van der Waals surface area contributed by atoms with Gasteiger partial charge in [-0.05, 0) is 35.7 Å². The Morgan fingerprint density at radius 3 is 2.52 bits per heavy atom. The molecule has 132 valence electrons. The van der Waals surface area contributed by atoms with Crippen molar-refractivity contribution in [1.29, 1.82) is 0 Å². The number of benzene rings is 2. The minimum Gasteiger partial charge on any atom is -0.480 e. The lowest BCUT2D eigenvalue weighted by Crippen LogP contribution is -2.43. The molecule has 1 saturated heterocycles. The first kappa shape index (κ1) is 17.4. The van der Waals surface area contributed by atoms with Gasteiger partial charge >= 0.3 is 5.97 Å². The molecule has 1 atom stereocenters. The molecule has 1 heterocycles. The van der Waals surface area contributed by atoms with Crippen LogP contribution in [0.25, 0.3) is 10.8 Å². The van der Waals surface area contributed by atoms with Gasteiger partial charge in [-0.2, -0.15) is 0 Å². The zero-order valence-electron chi connectivity index (χ0n) is 14.5. The Hall–Kier alpha value is -2.40. The van der Waals surface area contributed by atoms with Crippen molar-refractivity contribution in [3.63, 3.8) is 0 Å². The van der Waals surface area contributed by atoms with Gasteiger partial charge in [0.25, 0.3) is 5.91 Å². The Morgan fingerprint density at radius 1 is 1.04 bits per heavy atom. The zero-order valence-corrected chi connectivity index (χ0v) is 14.5. The number of carboxylic acids is 1. The van der Waals surface area contributed by atoms with Crippen LogP contribution >= 0.6 is 0 Å². The van der Waals surface area contributed by atoms with Crippen LogP contribution in [-0.4, -0.2) is 59.0 Å². The highest BCUT2D eigenvalue weighted by atomic mass is 16.4. The molecule has 1 aliphatic rings. The topological polar surface area (TPSA) is 60.9 Å². The average Bonchev–Trinajstić information content (AvgIpc) is 2.87. The summed E-state index contributed by atoms with van der Waals surface area (Å²) in [5, 5.41) is 11.5. The Kier molecular flexibility index (Phi) is 5.34. The summed E-state index contributed by atoms with van der Waals surface area (Å²) in [6.07, 6.45) is 1.37. The minimum atomic E-state index is -0.781. The smallest absolute Gasteiger partial charge is 0.320 e. The van der Waals surface area contributed by atoms with Gasteiger partial charge in [0.1, 0.15) is 6.04 Å². The van der Waals surface area contributed by atoms with Crippen LogP contribution in [0, 0.1) is 0 Å². The van der Waals surface area contributed by atoms with Crippen LogP contribution in [0.15, 0.2) is 42.5 Å². The minimum absolute atomic E-state index is 0.0241. The molecule has 2 aromatic rings. The van der Waals surface area contributed by atoms with E-state index < -0.39 is 12.0 Å². The van der Waals surface area contributed by atoms with Crippen LogP contribution in [0.2, 0.25) is 0 Å². The van der Waals surface area contributed by atoms with Crippen LogP contribution in [0.5, 0.6) is 0 Å². The van der Waals surface area contributed by atoms with Crippen molar-refractivity contribution in [2.75, 3.05) is 26.2 Å². The number of hydrogen-bond donors (Lipinski definition) is 1. The number of nitrogens with zero attached hydrogens (tertiary/aromatic N) is 2. The molecule has 1 fully saturated rings. The number of carboxylic acid groups (broad SMARTS) is 1. The summed E-state index contributed by atoms with van der Waals surface area (Å²) >= 11 is 0. The lowest BCUT2D eigenvalue weighted by atomic mass is 10.1. The van der Waals surface area contributed by atoms with E-state index in [0.29, 0.717) is 38.2 Å². The molecule has 1 unspecified atom stereocenters. The van der Waals surface area contributed by atoms with Gasteiger partial charge in [0.05, 0.1) is 0 Å². The van der Waals surface area contributed by atoms with Gasteiger partial charge in [-0.3, -0.25) is 14.5 Å². The molecule has 0 aliphatic carbocycles. The van der Waals surface area contributed by atoms with Crippen molar-refractivity contribution in [1.82, 2.24) is 9.80 Å². The lowest BCUT2D eigenvalue weighted by Gasteiger charge is -2.26. The van der Waals surface area contributed by atoms with Gasteiger partial charge in [-0.1, -0.05) is 37.3 Å². The summed E-state index contributed by atoms with van der Waals surface area (Å²) in [5.74, 6) is -0.757. The summed E-state index contributed by atoms with van der Waals surface area (Å²) < 4.78 is 0. The molecule has 0 radical (unpaired) electrons. The van der Waals surface area contributed by atoms with Crippen LogP contribution in [-0.2, 0) is 4.79 Å². The Bertz CT molecular complexity index is 774. The van der Waals surface area contributed by atoms with Crippen molar-refractivity contribution < 1.29 is 14.7 Å². The number of amides is 1. The Labute approximate surface area is 147 Å². The van der Waals surface area contributed by atoms with E-state index >= 15 is 0 Å². The number of aliphatic carboxylic acids is 1. The molecule has 0 bridgehead atoms. The van der Waals surface area contributed by atoms with Crippen LogP contribution in [0.1, 0.15) is 30.1 Å². The average molecular weight is 340 g/mol. The highest BCUT2D eigenvalue weighted by Gasteiger charge is 2.27. The molecule has 0 spiro atoms. The normalized spacial score (nSPS) is 17.2. The first-order valence-electron chi connectivity index (χ1n) is 8.85. The molecule has 1 N–H and O–H groups in total. The second kappa shape index (κ2) is 7.66. The molecule has 3 rings (SSSR count). The molecule has 1 aliphatic heterocycles. The van der Waals surface area contributed by atoms with Crippen molar-refractivity contribution >= 4 is 22.6 Å². The maximum absolute atomic E-state index is 12.9. The SMILES string of the molecule is CCC(C(=O)O)N1CCCN(C(=O)c2ccc3ccccc3c2)CC1. The third-order valence-electron chi connectivity index (χ3n) is 4.93. The van der Waals surface area contributed by atoms with Gasteiger partial charge < -0.3 is 10.0 Å². The predicted molar refractivity (Wildman–Crippen MR) is 97.8 cm³/mol. The van der Waals surface area contributed by atoms with E-state index in [0.717, 1.165) is 17.2 Å². The number of carbonyl (C=O) groups excluding carboxylic acids is 1. The summed E-state index contributed by atoms with van der Waals surface area (Å²) in [4.78, 5) is 28.1. The molecule has 1 amide bonds. The highest BCUT2D eigenvalue weighted by molar-refractivity contribution is 5.98. The van der Waals surface area contributed by atoms with E-state index in [2.05, 4.69) is 0 Å². The second-order valence-corrected chi connectivity index (χ2v) is 6.51. The fraction of sp³-hybridized carbons (Fsp3) is 0.400. The van der Waals surface area contributed by atoms with Gasteiger partial charge in [0.15, 0.2) is 0 Å². The van der Waals surface area contributed by atoms with Gasteiger partial charge in [-0.15, -0.1) is 0 Å². The van der Waals surface area contributed by atoms with Crippen LogP contribution in [0.3, 0.4) is 0 Å². The summed E-state index contributed by atoms with van der Waals surface area (Å²) in [7, 11) is 0. The third-order valence-corrected chi connectivity index (χ3v) is 4.93. The summed E-state index contributed by atoms with van der Waals surface area (Å²) in [5.41, 5.74) is 0.692. The zero-order chi connectivity index (χ0) is 17.8. The third kappa shape index (κ3) is 3.82. The van der Waals surface area contributed by atoms with Crippen molar-refractivity contribution in [3.8, 4) is 0 Å². The van der Waals surface area contributed by atoms with E-state index in [4.69, 9.17) is 0 Å². The predicted octanol–water partition coefficient (Wildman–Crippen LogP) is 2.85. The first-order chi connectivity index (χ1) is 12.1. The monoisotopic (exact) mass is 340 g/mol. The standard InChI is InChI=1S/C20H24N2O3/c1-2-18(20(24)25)21-10-5-11-22(13-12-21)19(23)17-9-8-15-6-3-4-7-16(15)14-17/h3-4,6-9,14,18H,2,5,10-13H2,1H3,(H,24,25). The number of rotatable bonds is 4. The second-order valence-electron chi connectivity index (χ2n) is 6.51. The van der Waals surface area contributed by atoms with Crippen molar-refractivity contribution in [3.05, 3.63) is 48.0 Å². The molecule has 0 saturated carbocycles. The fourth-order valence-corrected chi connectivity index (χ4v) is 3.55. The number of fused-ring (bicyclic) bond motifs is 1. The number of hydrogen-bond acceptors (Lipinski definition) is 3. The van der Waals surface area contributed by atoms with Crippen molar-refractivity contribution in [2.45, 2.75) is 25.8 Å². The molecule has 5 heteroatoms. The first-order valence-corrected chi connectivity index (χ1v) is 8.85. The molecule has 2 aromatic carbocycles. The lowest BCUT2D eigenvalue weighted by molar-refractivity contribution is -0.143. The molecular weight excluding hydrogens is 316 g/mol. The van der Waals surface area contributed by atoms with Crippen LogP contribution < -0.4 is 0 Å². The maximum Gasteiger partial charge on any atom is 0.320 e. The van der Waals surface area contributed by atoms with E-state index in [9.17, 15) is 14.7 Å². The van der Waals surface area contributed by atoms with E-state index in [1.807, 2.05) is 59.2 Å². The highest BCUT2D eigenvalue weighted by Crippen LogP contribution is 2.18. The van der Waals surface area contributed by atoms with E-state index in [1.165, 1.54) is 0 Å². The molecule has 5 nitrogen and oxygen atoms in total. The Morgan fingerprint density at radius 2 is 1.80 bits per heavy atom. The largest absolute Gasteiger partial charge is 0.480 e. The molecule has 0 aromatic heterocycles. The summed E-state index contributed by atoms with van der Waals surface area (Å²) in [6, 6.07) is 13.3. The summed E-state index contributed by atoms with van der Waals surface area (Å²) in [6.45, 7) is 4.44. The molecule has 25 heavy (non-hydrogen) atoms. The van der Waals surface area contributed by atoms with Crippen LogP contribution in [0.4, 0.5) is 0 Å². The number of carbonyl (C=O) groups is 2.